The van der Waals surface area contributed by atoms with Gasteiger partial charge in [0.1, 0.15) is 18.1 Å². The van der Waals surface area contributed by atoms with Crippen molar-refractivity contribution >= 4 is 34.1 Å². The van der Waals surface area contributed by atoms with Crippen LogP contribution >= 0.6 is 34.1 Å². The van der Waals surface area contributed by atoms with Crippen LogP contribution in [0, 0.1) is 52.9 Å². The Labute approximate surface area is 551 Å². The number of hydrogen-bond donors (Lipinski definition) is 0. The van der Waals surface area contributed by atoms with Gasteiger partial charge in [0.2, 0.25) is 6.54 Å². The summed E-state index contributed by atoms with van der Waals surface area (Å²) in [6.45, 7) is 68.5. The highest BCUT2D eigenvalue weighted by molar-refractivity contribution is 7.45. The number of nitriles is 2. The van der Waals surface area contributed by atoms with Gasteiger partial charge in [-0.15, -0.1) is 0 Å². The molecule has 0 spiro atoms. The first kappa shape index (κ1) is 84.8. The summed E-state index contributed by atoms with van der Waals surface area (Å²) in [5, 5.41) is 17.4. The third-order valence-electron chi connectivity index (χ3n) is 15.0. The predicted molar refractivity (Wildman–Crippen MR) is 379 cm³/mol. The third kappa shape index (κ3) is 31.8. The molecule has 0 saturated heterocycles. The van der Waals surface area contributed by atoms with Crippen LogP contribution in [0.15, 0.2) is 48.5 Å². The molecule has 510 valence electrons. The maximum atomic E-state index is 8.69. The molecule has 2 aliphatic carbocycles. The summed E-state index contributed by atoms with van der Waals surface area (Å²) in [6, 6.07) is 23.6. The van der Waals surface area contributed by atoms with Gasteiger partial charge in [-0.05, 0) is 207 Å². The largest absolute Gasteiger partial charge is 0.436 e. The molecule has 0 N–H and O–H groups in total. The van der Waals surface area contributed by atoms with Gasteiger partial charge >= 0.3 is 17.1 Å². The molecule has 19 heteroatoms. The van der Waals surface area contributed by atoms with E-state index < -0.39 is 34.1 Å². The highest BCUT2D eigenvalue weighted by Gasteiger charge is 2.39. The van der Waals surface area contributed by atoms with E-state index in [1.54, 1.807) is 0 Å². The van der Waals surface area contributed by atoms with E-state index in [1.807, 2.05) is 18.2 Å². The summed E-state index contributed by atoms with van der Waals surface area (Å²) in [6.07, 6.45) is 7.05. The van der Waals surface area contributed by atoms with Crippen LogP contribution in [-0.2, 0) is 38.0 Å². The van der Waals surface area contributed by atoms with Crippen LogP contribution in [0.4, 0.5) is 0 Å². The molecule has 2 aromatic rings. The average Bonchev–Trinajstić information content (AvgIpc) is 1.21. The fraction of sp³-hybridized carbons (Fsp3) is 0.786. The van der Waals surface area contributed by atoms with Crippen molar-refractivity contribution in [3.05, 3.63) is 71.1 Å². The summed E-state index contributed by atoms with van der Waals surface area (Å²) in [5.41, 5.74) is 2.57. The molecule has 0 aromatic heterocycles. The summed E-state index contributed by atoms with van der Waals surface area (Å²) >= 11 is 0. The van der Waals surface area contributed by atoms with Crippen molar-refractivity contribution in [3.8, 4) is 23.6 Å². The lowest BCUT2D eigenvalue weighted by Crippen LogP contribution is -2.38. The van der Waals surface area contributed by atoms with Gasteiger partial charge in [0.05, 0.1) is 57.0 Å². The lowest BCUT2D eigenvalue weighted by atomic mass is 9.75. The summed E-state index contributed by atoms with van der Waals surface area (Å²) in [7, 11) is -4.49. The van der Waals surface area contributed by atoms with E-state index in [0.29, 0.717) is 99.7 Å². The molecule has 0 heterocycles. The van der Waals surface area contributed by atoms with Crippen molar-refractivity contribution in [3.63, 3.8) is 0 Å². The van der Waals surface area contributed by atoms with Gasteiger partial charge < -0.3 is 41.0 Å². The van der Waals surface area contributed by atoms with Gasteiger partial charge in [0.25, 0.3) is 17.1 Å². The van der Waals surface area contributed by atoms with Crippen LogP contribution in [0.5, 0.6) is 11.5 Å². The molecule has 2 aliphatic rings. The molecular formula is C70H127N7O8P4. The first-order chi connectivity index (χ1) is 41.6. The van der Waals surface area contributed by atoms with Crippen LogP contribution < -0.4 is 9.05 Å². The zero-order valence-electron chi connectivity index (χ0n) is 60.9. The van der Waals surface area contributed by atoms with Gasteiger partial charge in [-0.1, -0.05) is 106 Å². The number of rotatable bonds is 34. The Morgan fingerprint density at radius 3 is 1.21 bits per heavy atom. The average molecular weight is 1320 g/mol. The van der Waals surface area contributed by atoms with Crippen molar-refractivity contribution in [1.82, 2.24) is 18.7 Å². The topological polar surface area (TPSA) is 139 Å². The van der Waals surface area contributed by atoms with Crippen LogP contribution in [0.25, 0.3) is 4.85 Å². The standard InChI is InChI=1S/C19H31N2O2P.C19H34NO2P.2C16H31N2O2P/c1-15(2)21(16(3)4)24(22-13-12-20-8)23-18-11-9-10-17(14-18)19(5,6)7;1-9-14-21-23(20(15(2)3)16(4)5)22-18-13-11-10-12-17(18)19(6,7)8;2*1-12(2)15-10-16(11-15)20-21(19-9-7-8-17)18(13(3)4)14(5)6/h9-11,14-16H,12-13H2,1-7H3;10-13,15-16H,9,14H2,1-8H3;2*12-16H,7,9-11H2,1-6H3. The Hall–Kier alpha value is -2.17. The van der Waals surface area contributed by atoms with Crippen LogP contribution in [0.2, 0.25) is 0 Å². The van der Waals surface area contributed by atoms with Crippen molar-refractivity contribution in [1.29, 1.82) is 10.5 Å². The lowest BCUT2D eigenvalue weighted by Gasteiger charge is -2.43. The van der Waals surface area contributed by atoms with E-state index in [9.17, 15) is 0 Å². The van der Waals surface area contributed by atoms with E-state index in [-0.39, 0.29) is 10.8 Å². The molecule has 2 aromatic carbocycles. The fourth-order valence-corrected chi connectivity index (χ4v) is 17.0. The minimum atomic E-state index is -1.25. The smallest absolute Gasteiger partial charge is 0.321 e. The summed E-state index contributed by atoms with van der Waals surface area (Å²) < 4.78 is 58.3. The van der Waals surface area contributed by atoms with Crippen molar-refractivity contribution in [2.45, 2.75) is 303 Å². The molecule has 0 radical (unpaired) electrons. The van der Waals surface area contributed by atoms with E-state index >= 15 is 0 Å². The number of nitrogens with zero attached hydrogens (tertiary/aromatic N) is 7. The van der Waals surface area contributed by atoms with Crippen LogP contribution in [0.3, 0.4) is 0 Å². The van der Waals surface area contributed by atoms with Gasteiger partial charge in [0.15, 0.2) is 0 Å². The second-order valence-electron chi connectivity index (χ2n) is 28.4. The molecule has 0 aliphatic heterocycles. The molecule has 15 nitrogen and oxygen atoms in total. The van der Waals surface area contributed by atoms with Crippen LogP contribution in [0.1, 0.15) is 243 Å². The molecule has 0 bridgehead atoms. The molecular weight excluding hydrogens is 1190 g/mol. The number of para-hydroxylation sites is 1. The number of hydrogen-bond acceptors (Lipinski definition) is 14. The monoisotopic (exact) mass is 1320 g/mol. The number of benzene rings is 2. The molecule has 89 heavy (non-hydrogen) atoms. The molecule has 0 amide bonds. The Kier molecular flexibility index (Phi) is 41.7. The second kappa shape index (κ2) is 43.7. The van der Waals surface area contributed by atoms with Crippen molar-refractivity contribution < 1.29 is 36.2 Å². The molecule has 4 rings (SSSR count). The quantitative estimate of drug-likeness (QED) is 0.0373. The predicted octanol–water partition coefficient (Wildman–Crippen LogP) is 21.2. The van der Waals surface area contributed by atoms with E-state index in [4.69, 9.17) is 53.3 Å². The minimum Gasteiger partial charge on any atom is -0.436 e. The Balaban J connectivity index is 0.000000594. The fourth-order valence-electron chi connectivity index (χ4n) is 10.2. The maximum Gasteiger partial charge on any atom is 0.321 e. The van der Waals surface area contributed by atoms with E-state index in [1.165, 1.54) is 11.1 Å². The molecule has 2 fully saturated rings. The van der Waals surface area contributed by atoms with Crippen LogP contribution in [-0.4, -0.2) is 112 Å². The third-order valence-corrected chi connectivity index (χ3v) is 23.5. The molecule has 2 saturated carbocycles. The van der Waals surface area contributed by atoms with Crippen molar-refractivity contribution in [2.75, 3.05) is 33.0 Å². The van der Waals surface area contributed by atoms with Gasteiger partial charge in [-0.25, -0.2) is 25.3 Å². The Morgan fingerprint density at radius 2 is 0.865 bits per heavy atom. The molecule has 4 unspecified atom stereocenters. The SMILES string of the molecule is CC(C)C1CC(OP(OCCC#N)N(C(C)C)C(C)C)C1.CC(C)C1CC(OP(OCCC#N)N(C(C)C)C(C)C)C1.CCCOP(Oc1ccccc1C(C)(C)C)N(C(C)C)C(C)C.[C-]#[N+]CCOP(Oc1cccc(C(C)(C)C)c1)N(C(C)C)C(C)C. The highest BCUT2D eigenvalue weighted by atomic mass is 31.2. The van der Waals surface area contributed by atoms with Gasteiger partial charge in [-0.3, -0.25) is 0 Å². The first-order valence-electron chi connectivity index (χ1n) is 33.4. The first-order valence-corrected chi connectivity index (χ1v) is 37.9. The van der Waals surface area contributed by atoms with E-state index in [2.05, 4.69) is 253 Å². The molecule has 4 atom stereocenters. The summed E-state index contributed by atoms with van der Waals surface area (Å²) in [5.74, 6) is 4.81. The Morgan fingerprint density at radius 1 is 0.494 bits per heavy atom. The van der Waals surface area contributed by atoms with Gasteiger partial charge in [-0.2, -0.15) is 10.5 Å². The zero-order chi connectivity index (χ0) is 67.9. The lowest BCUT2D eigenvalue weighted by molar-refractivity contribution is 0.0250. The van der Waals surface area contributed by atoms with E-state index in [0.717, 1.165) is 73.9 Å². The zero-order valence-corrected chi connectivity index (χ0v) is 64.5. The second-order valence-corrected chi connectivity index (χ2v) is 33.9. The van der Waals surface area contributed by atoms with Crippen molar-refractivity contribution in [2.24, 2.45) is 23.7 Å². The normalized spacial score (nSPS) is 18.4. The van der Waals surface area contributed by atoms with Gasteiger partial charge in [0, 0.05) is 48.3 Å². The summed E-state index contributed by atoms with van der Waals surface area (Å²) in [4.78, 5) is 3.37. The maximum absolute atomic E-state index is 8.69. The highest BCUT2D eigenvalue weighted by Crippen LogP contribution is 2.54. The Bertz CT molecular complexity index is 2220. The minimum absolute atomic E-state index is 0.0445.